The molecule has 0 N–H and O–H groups in total. The molecule has 0 heterocycles. The number of hydrogen-bond donors (Lipinski definition) is 0. The lowest BCUT2D eigenvalue weighted by atomic mass is 10.1. The van der Waals surface area contributed by atoms with Gasteiger partial charge in [0.15, 0.2) is 0 Å². The van der Waals surface area contributed by atoms with Crippen molar-refractivity contribution in [2.75, 3.05) is 7.11 Å². The van der Waals surface area contributed by atoms with E-state index in [9.17, 15) is 0 Å². The summed E-state index contributed by atoms with van der Waals surface area (Å²) in [4.78, 5) is 0. The zero-order chi connectivity index (χ0) is 9.40. The molecule has 0 aromatic carbocycles. The van der Waals surface area contributed by atoms with Gasteiger partial charge in [0.05, 0.1) is 13.4 Å². The zero-order valence-corrected chi connectivity index (χ0v) is 8.26. The van der Waals surface area contributed by atoms with Gasteiger partial charge in [0.1, 0.15) is 0 Å². The molecule has 0 aliphatic rings. The van der Waals surface area contributed by atoms with E-state index in [1.54, 1.807) is 13.4 Å². The van der Waals surface area contributed by atoms with Crippen LogP contribution in [-0.2, 0) is 4.74 Å². The van der Waals surface area contributed by atoms with Crippen LogP contribution in [0, 0.1) is 0 Å². The second kappa shape index (κ2) is 6.71. The Morgan fingerprint density at radius 2 is 2.08 bits per heavy atom. The zero-order valence-electron chi connectivity index (χ0n) is 8.26. The van der Waals surface area contributed by atoms with Crippen LogP contribution in [0.1, 0.15) is 26.7 Å². The van der Waals surface area contributed by atoms with Gasteiger partial charge >= 0.3 is 0 Å². The standard InChI is InChI=1S/C11H18O/c1-10(2)6-5-7-11(3)8-9-12-4/h6,8-9H,3,5,7H2,1-2,4H3. The molecular weight excluding hydrogens is 148 g/mol. The Kier molecular flexibility index (Phi) is 6.16. The van der Waals surface area contributed by atoms with Gasteiger partial charge in [-0.3, -0.25) is 0 Å². The maximum Gasteiger partial charge on any atom is 0.0827 e. The summed E-state index contributed by atoms with van der Waals surface area (Å²) in [5.41, 5.74) is 2.47. The third-order valence-electron chi connectivity index (χ3n) is 1.46. The Hall–Kier alpha value is -0.980. The molecule has 0 saturated carbocycles. The molecule has 12 heavy (non-hydrogen) atoms. The van der Waals surface area contributed by atoms with Crippen molar-refractivity contribution in [2.24, 2.45) is 0 Å². The van der Waals surface area contributed by atoms with Crippen LogP contribution in [0.5, 0.6) is 0 Å². The molecule has 0 unspecified atom stereocenters. The Labute approximate surface area is 75.4 Å². The van der Waals surface area contributed by atoms with Crippen molar-refractivity contribution in [3.63, 3.8) is 0 Å². The Morgan fingerprint density at radius 3 is 2.58 bits per heavy atom. The second-order valence-electron chi connectivity index (χ2n) is 3.02. The molecule has 0 rings (SSSR count). The molecule has 0 bridgehead atoms. The minimum absolute atomic E-state index is 1.00. The molecule has 0 aromatic heterocycles. The summed E-state index contributed by atoms with van der Waals surface area (Å²) >= 11 is 0. The van der Waals surface area contributed by atoms with Crippen molar-refractivity contribution in [3.05, 3.63) is 36.1 Å². The van der Waals surface area contributed by atoms with Crippen LogP contribution in [0.2, 0.25) is 0 Å². The van der Waals surface area contributed by atoms with Crippen molar-refractivity contribution >= 4 is 0 Å². The average Bonchev–Trinajstić information content (AvgIpc) is 2.00. The van der Waals surface area contributed by atoms with Crippen LogP contribution in [0.15, 0.2) is 36.1 Å². The molecule has 0 saturated heterocycles. The monoisotopic (exact) mass is 166 g/mol. The normalized spacial score (nSPS) is 9.92. The second-order valence-corrected chi connectivity index (χ2v) is 3.02. The van der Waals surface area contributed by atoms with E-state index in [1.165, 1.54) is 5.57 Å². The first-order valence-electron chi connectivity index (χ1n) is 4.17. The summed E-state index contributed by atoms with van der Waals surface area (Å²) in [7, 11) is 1.64. The smallest absolute Gasteiger partial charge is 0.0827 e. The van der Waals surface area contributed by atoms with Crippen molar-refractivity contribution in [2.45, 2.75) is 26.7 Å². The lowest BCUT2D eigenvalue weighted by Crippen LogP contribution is -1.76. The predicted molar refractivity (Wildman–Crippen MR) is 54.0 cm³/mol. The van der Waals surface area contributed by atoms with Crippen LogP contribution in [-0.4, -0.2) is 7.11 Å². The van der Waals surface area contributed by atoms with Gasteiger partial charge in [-0.15, -0.1) is 0 Å². The first kappa shape index (κ1) is 11.0. The van der Waals surface area contributed by atoms with E-state index in [4.69, 9.17) is 4.74 Å². The number of ether oxygens (including phenoxy) is 1. The van der Waals surface area contributed by atoms with Gasteiger partial charge < -0.3 is 4.74 Å². The van der Waals surface area contributed by atoms with E-state index < -0.39 is 0 Å². The highest BCUT2D eigenvalue weighted by Gasteiger charge is 1.86. The first-order valence-corrected chi connectivity index (χ1v) is 4.17. The summed E-state index contributed by atoms with van der Waals surface area (Å²) in [5, 5.41) is 0. The van der Waals surface area contributed by atoms with Crippen LogP contribution in [0.4, 0.5) is 0 Å². The predicted octanol–water partition coefficient (Wildman–Crippen LogP) is 3.45. The third kappa shape index (κ3) is 7.13. The highest BCUT2D eigenvalue weighted by Crippen LogP contribution is 2.06. The third-order valence-corrected chi connectivity index (χ3v) is 1.46. The van der Waals surface area contributed by atoms with Gasteiger partial charge in [0.25, 0.3) is 0 Å². The van der Waals surface area contributed by atoms with Gasteiger partial charge in [-0.25, -0.2) is 0 Å². The lowest BCUT2D eigenvalue weighted by molar-refractivity contribution is 0.337. The first-order chi connectivity index (χ1) is 5.66. The summed E-state index contributed by atoms with van der Waals surface area (Å²) in [6.45, 7) is 8.10. The van der Waals surface area contributed by atoms with Gasteiger partial charge in [-0.05, 0) is 32.8 Å². The summed E-state index contributed by atoms with van der Waals surface area (Å²) in [6.07, 6.45) is 7.84. The fourth-order valence-electron chi connectivity index (χ4n) is 0.794. The SMILES string of the molecule is C=C(C=COC)CCC=C(C)C. The molecular formula is C11H18O. The van der Waals surface area contributed by atoms with Crippen LogP contribution in [0.25, 0.3) is 0 Å². The van der Waals surface area contributed by atoms with Gasteiger partial charge in [-0.2, -0.15) is 0 Å². The lowest BCUT2D eigenvalue weighted by Gasteiger charge is -1.96. The highest BCUT2D eigenvalue weighted by atomic mass is 16.5. The Bertz CT molecular complexity index is 183. The fraction of sp³-hybridized carbons (Fsp3) is 0.455. The van der Waals surface area contributed by atoms with Crippen LogP contribution < -0.4 is 0 Å². The van der Waals surface area contributed by atoms with Crippen LogP contribution in [0.3, 0.4) is 0 Å². The van der Waals surface area contributed by atoms with E-state index >= 15 is 0 Å². The molecule has 1 heteroatoms. The van der Waals surface area contributed by atoms with Gasteiger partial charge in [0, 0.05) is 0 Å². The maximum absolute atomic E-state index is 4.78. The van der Waals surface area contributed by atoms with E-state index in [2.05, 4.69) is 26.5 Å². The number of methoxy groups -OCH3 is 1. The van der Waals surface area contributed by atoms with E-state index in [0.717, 1.165) is 18.4 Å². The minimum atomic E-state index is 1.00. The van der Waals surface area contributed by atoms with Crippen molar-refractivity contribution in [3.8, 4) is 0 Å². The summed E-state index contributed by atoms with van der Waals surface area (Å²) < 4.78 is 4.78. The van der Waals surface area contributed by atoms with Gasteiger partial charge in [0.2, 0.25) is 0 Å². The molecule has 0 spiro atoms. The molecule has 1 nitrogen and oxygen atoms in total. The van der Waals surface area contributed by atoms with E-state index in [-0.39, 0.29) is 0 Å². The van der Waals surface area contributed by atoms with E-state index in [1.807, 2.05) is 6.08 Å². The van der Waals surface area contributed by atoms with Crippen LogP contribution >= 0.6 is 0 Å². The molecule has 0 amide bonds. The topological polar surface area (TPSA) is 9.23 Å². The number of allylic oxidation sites excluding steroid dienone is 4. The highest BCUT2D eigenvalue weighted by molar-refractivity contribution is 5.13. The largest absolute Gasteiger partial charge is 0.504 e. The molecule has 0 aromatic rings. The fourth-order valence-corrected chi connectivity index (χ4v) is 0.794. The quantitative estimate of drug-likeness (QED) is 0.345. The molecule has 0 aliphatic heterocycles. The molecule has 0 atom stereocenters. The average molecular weight is 166 g/mol. The Balaban J connectivity index is 3.58. The number of hydrogen-bond acceptors (Lipinski definition) is 1. The van der Waals surface area contributed by atoms with E-state index in [0.29, 0.717) is 0 Å². The molecule has 0 aliphatic carbocycles. The van der Waals surface area contributed by atoms with Crippen molar-refractivity contribution < 1.29 is 4.74 Å². The molecule has 68 valence electrons. The van der Waals surface area contributed by atoms with Gasteiger partial charge in [-0.1, -0.05) is 23.8 Å². The number of rotatable bonds is 5. The Morgan fingerprint density at radius 1 is 1.42 bits per heavy atom. The minimum Gasteiger partial charge on any atom is -0.504 e. The summed E-state index contributed by atoms with van der Waals surface area (Å²) in [5.74, 6) is 0. The van der Waals surface area contributed by atoms with Crippen molar-refractivity contribution in [1.29, 1.82) is 0 Å². The molecule has 0 fully saturated rings. The maximum atomic E-state index is 4.78. The van der Waals surface area contributed by atoms with Crippen molar-refractivity contribution in [1.82, 2.24) is 0 Å². The summed E-state index contributed by atoms with van der Waals surface area (Å²) in [6, 6.07) is 0. The molecule has 0 radical (unpaired) electrons.